The van der Waals surface area contributed by atoms with E-state index in [-0.39, 0.29) is 4.90 Å². The number of ether oxygens (including phenoxy) is 1. The van der Waals surface area contributed by atoms with E-state index in [1.807, 2.05) is 6.07 Å². The van der Waals surface area contributed by atoms with Crippen molar-refractivity contribution >= 4 is 38.7 Å². The SMILES string of the molecule is CCCNC(=S)Nc1cc(S(=O)(=O)N2CCOCC2)ccc1N1CCCCC1. The maximum Gasteiger partial charge on any atom is 0.243 e. The molecule has 0 spiro atoms. The second-order valence-electron chi connectivity index (χ2n) is 7.12. The van der Waals surface area contributed by atoms with Crippen molar-refractivity contribution < 1.29 is 13.2 Å². The van der Waals surface area contributed by atoms with Crippen LogP contribution in [0.5, 0.6) is 0 Å². The average Bonchev–Trinajstić information content (AvgIpc) is 2.73. The third-order valence-corrected chi connectivity index (χ3v) is 7.20. The highest BCUT2D eigenvalue weighted by Gasteiger charge is 2.27. The van der Waals surface area contributed by atoms with E-state index in [1.165, 1.54) is 10.7 Å². The highest BCUT2D eigenvalue weighted by Crippen LogP contribution is 2.32. The summed E-state index contributed by atoms with van der Waals surface area (Å²) in [6.45, 7) is 6.42. The number of hydrogen-bond acceptors (Lipinski definition) is 5. The first kappa shape index (κ1) is 21.3. The van der Waals surface area contributed by atoms with Crippen LogP contribution < -0.4 is 15.5 Å². The minimum absolute atomic E-state index is 0.288. The molecule has 2 fully saturated rings. The second-order valence-corrected chi connectivity index (χ2v) is 9.47. The summed E-state index contributed by atoms with van der Waals surface area (Å²) in [5, 5.41) is 6.90. The second kappa shape index (κ2) is 9.87. The van der Waals surface area contributed by atoms with Crippen molar-refractivity contribution in [1.82, 2.24) is 9.62 Å². The molecule has 0 atom stereocenters. The largest absolute Gasteiger partial charge is 0.379 e. The molecule has 156 valence electrons. The molecule has 9 heteroatoms. The summed E-state index contributed by atoms with van der Waals surface area (Å²) in [5.74, 6) is 0. The maximum atomic E-state index is 13.1. The summed E-state index contributed by atoms with van der Waals surface area (Å²) in [7, 11) is -3.55. The lowest BCUT2D eigenvalue weighted by Crippen LogP contribution is -2.40. The van der Waals surface area contributed by atoms with E-state index in [2.05, 4.69) is 22.5 Å². The molecule has 0 bridgehead atoms. The molecule has 3 rings (SSSR count). The van der Waals surface area contributed by atoms with E-state index in [1.54, 1.807) is 12.1 Å². The zero-order valence-corrected chi connectivity index (χ0v) is 18.1. The van der Waals surface area contributed by atoms with Gasteiger partial charge in [-0.05, 0) is 56.1 Å². The van der Waals surface area contributed by atoms with E-state index in [0.717, 1.165) is 50.3 Å². The highest BCUT2D eigenvalue weighted by molar-refractivity contribution is 7.89. The van der Waals surface area contributed by atoms with Gasteiger partial charge in [0.05, 0.1) is 29.5 Å². The van der Waals surface area contributed by atoms with Gasteiger partial charge in [-0.1, -0.05) is 6.92 Å². The van der Waals surface area contributed by atoms with Crippen LogP contribution in [0.15, 0.2) is 23.1 Å². The number of nitrogens with zero attached hydrogens (tertiary/aromatic N) is 2. The van der Waals surface area contributed by atoms with Crippen LogP contribution in [-0.4, -0.2) is 63.8 Å². The number of benzene rings is 1. The maximum absolute atomic E-state index is 13.1. The highest BCUT2D eigenvalue weighted by atomic mass is 32.2. The fraction of sp³-hybridized carbons (Fsp3) is 0.632. The average molecular weight is 427 g/mol. The number of hydrogen-bond donors (Lipinski definition) is 2. The molecule has 0 aliphatic carbocycles. The van der Waals surface area contributed by atoms with Gasteiger partial charge in [-0.3, -0.25) is 0 Å². The van der Waals surface area contributed by atoms with Crippen LogP contribution >= 0.6 is 12.2 Å². The summed E-state index contributed by atoms with van der Waals surface area (Å²) in [6, 6.07) is 5.33. The molecule has 0 unspecified atom stereocenters. The first-order valence-electron chi connectivity index (χ1n) is 10.0. The Hall–Kier alpha value is -1.42. The molecule has 0 saturated carbocycles. The Morgan fingerprint density at radius 3 is 2.54 bits per heavy atom. The molecular weight excluding hydrogens is 396 g/mol. The van der Waals surface area contributed by atoms with Crippen molar-refractivity contribution in [2.45, 2.75) is 37.5 Å². The van der Waals surface area contributed by atoms with E-state index < -0.39 is 10.0 Å². The van der Waals surface area contributed by atoms with Crippen molar-refractivity contribution in [1.29, 1.82) is 0 Å². The predicted molar refractivity (Wildman–Crippen MR) is 117 cm³/mol. The first-order chi connectivity index (χ1) is 13.5. The van der Waals surface area contributed by atoms with E-state index in [0.29, 0.717) is 31.4 Å². The lowest BCUT2D eigenvalue weighted by atomic mass is 10.1. The molecule has 0 aromatic heterocycles. The number of sulfonamides is 1. The Kier molecular flexibility index (Phi) is 7.50. The summed E-state index contributed by atoms with van der Waals surface area (Å²) in [4.78, 5) is 2.59. The fourth-order valence-corrected chi connectivity index (χ4v) is 5.17. The number of morpholine rings is 1. The van der Waals surface area contributed by atoms with Crippen LogP contribution in [0.1, 0.15) is 32.6 Å². The van der Waals surface area contributed by atoms with Gasteiger partial charge in [0.2, 0.25) is 10.0 Å². The topological polar surface area (TPSA) is 73.9 Å². The molecule has 28 heavy (non-hydrogen) atoms. The Bertz CT molecular complexity index is 773. The van der Waals surface area contributed by atoms with Crippen molar-refractivity contribution in [2.24, 2.45) is 0 Å². The summed E-state index contributed by atoms with van der Waals surface area (Å²) >= 11 is 5.41. The van der Waals surface area contributed by atoms with Gasteiger partial charge in [-0.2, -0.15) is 4.31 Å². The van der Waals surface area contributed by atoms with Crippen LogP contribution in [0.4, 0.5) is 11.4 Å². The summed E-state index contributed by atoms with van der Waals surface area (Å²) < 4.78 is 32.9. The van der Waals surface area contributed by atoms with E-state index in [9.17, 15) is 8.42 Å². The van der Waals surface area contributed by atoms with Crippen molar-refractivity contribution in [2.75, 3.05) is 56.2 Å². The Morgan fingerprint density at radius 1 is 1.14 bits per heavy atom. The lowest BCUT2D eigenvalue weighted by Gasteiger charge is -2.31. The minimum Gasteiger partial charge on any atom is -0.379 e. The Balaban J connectivity index is 1.89. The van der Waals surface area contributed by atoms with Gasteiger partial charge in [-0.25, -0.2) is 8.42 Å². The van der Waals surface area contributed by atoms with Crippen molar-refractivity contribution in [3.63, 3.8) is 0 Å². The van der Waals surface area contributed by atoms with Crippen LogP contribution in [0.25, 0.3) is 0 Å². The summed E-state index contributed by atoms with van der Waals surface area (Å²) in [6.07, 6.45) is 4.49. The summed E-state index contributed by atoms with van der Waals surface area (Å²) in [5.41, 5.74) is 1.74. The van der Waals surface area contributed by atoms with Crippen molar-refractivity contribution in [3.05, 3.63) is 18.2 Å². The zero-order valence-electron chi connectivity index (χ0n) is 16.4. The first-order valence-corrected chi connectivity index (χ1v) is 11.9. The third-order valence-electron chi connectivity index (χ3n) is 5.06. The molecule has 2 N–H and O–H groups in total. The molecule has 1 aromatic carbocycles. The molecule has 7 nitrogen and oxygen atoms in total. The quantitative estimate of drug-likeness (QED) is 0.677. The minimum atomic E-state index is -3.55. The number of rotatable bonds is 6. The van der Waals surface area contributed by atoms with E-state index >= 15 is 0 Å². The van der Waals surface area contributed by atoms with Gasteiger partial charge in [0.25, 0.3) is 0 Å². The molecule has 1 aromatic rings. The zero-order chi connectivity index (χ0) is 20.0. The van der Waals surface area contributed by atoms with Crippen LogP contribution in [0.2, 0.25) is 0 Å². The Morgan fingerprint density at radius 2 is 1.86 bits per heavy atom. The number of thiocarbonyl (C=S) groups is 1. The molecular formula is C19H30N4O3S2. The molecule has 2 heterocycles. The molecule has 2 aliphatic rings. The molecule has 0 amide bonds. The van der Waals surface area contributed by atoms with Crippen LogP contribution in [0, 0.1) is 0 Å². The third kappa shape index (κ3) is 5.14. The molecule has 2 aliphatic heterocycles. The monoisotopic (exact) mass is 426 g/mol. The lowest BCUT2D eigenvalue weighted by molar-refractivity contribution is 0.0730. The number of piperidine rings is 1. The van der Waals surface area contributed by atoms with Crippen molar-refractivity contribution in [3.8, 4) is 0 Å². The van der Waals surface area contributed by atoms with Gasteiger partial charge < -0.3 is 20.3 Å². The smallest absolute Gasteiger partial charge is 0.243 e. The molecule has 0 radical (unpaired) electrons. The Labute approximate surface area is 173 Å². The van der Waals surface area contributed by atoms with Gasteiger partial charge in [-0.15, -0.1) is 0 Å². The predicted octanol–water partition coefficient (Wildman–Crippen LogP) is 2.39. The fourth-order valence-electron chi connectivity index (χ4n) is 3.53. The standard InChI is InChI=1S/C19H30N4O3S2/c1-2-8-20-19(27)21-17-15-16(28(24,25)23-11-13-26-14-12-23)6-7-18(17)22-9-4-3-5-10-22/h6-7,15H,2-5,8-14H2,1H3,(H2,20,21,27). The van der Waals surface area contributed by atoms with E-state index in [4.69, 9.17) is 17.0 Å². The van der Waals surface area contributed by atoms with Crippen LogP contribution in [0.3, 0.4) is 0 Å². The van der Waals surface area contributed by atoms with Gasteiger partial charge in [0.1, 0.15) is 0 Å². The normalized spacial score (nSPS) is 18.7. The number of anilines is 2. The number of nitrogens with one attached hydrogen (secondary N) is 2. The molecule has 2 saturated heterocycles. The van der Waals surface area contributed by atoms with Crippen LogP contribution in [-0.2, 0) is 14.8 Å². The van der Waals surface area contributed by atoms with Gasteiger partial charge >= 0.3 is 0 Å². The van der Waals surface area contributed by atoms with Gasteiger partial charge in [0, 0.05) is 32.7 Å². The van der Waals surface area contributed by atoms with Gasteiger partial charge in [0.15, 0.2) is 5.11 Å².